The Hall–Kier alpha value is -1.85. The molecular weight excluding hydrogens is 350 g/mol. The van der Waals surface area contributed by atoms with Crippen molar-refractivity contribution in [2.24, 2.45) is 5.92 Å². The summed E-state index contributed by atoms with van der Waals surface area (Å²) in [6.07, 6.45) is 14.1. The first kappa shape index (κ1) is 19.5. The highest BCUT2D eigenvalue weighted by atomic mass is 16.2. The number of nitrogens with zero attached hydrogens (tertiary/aromatic N) is 4. The van der Waals surface area contributed by atoms with Crippen LogP contribution in [0.3, 0.4) is 0 Å². The molecule has 1 unspecified atom stereocenters. The maximum Gasteiger partial charge on any atom is 0.249 e. The van der Waals surface area contributed by atoms with E-state index in [2.05, 4.69) is 29.0 Å². The van der Waals surface area contributed by atoms with Crippen LogP contribution in [0, 0.1) is 5.92 Å². The Labute approximate surface area is 169 Å². The van der Waals surface area contributed by atoms with Crippen LogP contribution in [-0.4, -0.2) is 41.0 Å². The second kappa shape index (κ2) is 8.26. The minimum Gasteiger partial charge on any atom is -0.351 e. The third-order valence-electron chi connectivity index (χ3n) is 7.13. The first-order chi connectivity index (χ1) is 13.6. The molecule has 1 aromatic rings. The summed E-state index contributed by atoms with van der Waals surface area (Å²) < 4.78 is 0. The van der Waals surface area contributed by atoms with Crippen molar-refractivity contribution >= 4 is 23.4 Å². The molecule has 1 amide bonds. The first-order valence-electron chi connectivity index (χ1n) is 11.3. The van der Waals surface area contributed by atoms with Crippen LogP contribution in [0.4, 0.5) is 17.5 Å². The predicted octanol–water partition coefficient (Wildman–Crippen LogP) is 4.36. The average Bonchev–Trinajstić information content (AvgIpc) is 3.25. The van der Waals surface area contributed by atoms with Gasteiger partial charge < -0.3 is 15.1 Å². The Kier molecular flexibility index (Phi) is 5.74. The third kappa shape index (κ3) is 3.58. The molecule has 0 bridgehead atoms. The summed E-state index contributed by atoms with van der Waals surface area (Å²) in [5.74, 6) is 2.51. The van der Waals surface area contributed by atoms with Gasteiger partial charge in [0.1, 0.15) is 11.7 Å². The monoisotopic (exact) mass is 385 g/mol. The summed E-state index contributed by atoms with van der Waals surface area (Å²) in [6, 6.07) is 0.683. The molecule has 0 saturated heterocycles. The van der Waals surface area contributed by atoms with E-state index >= 15 is 0 Å². The number of rotatable bonds is 5. The van der Waals surface area contributed by atoms with E-state index in [-0.39, 0.29) is 11.9 Å². The number of hydrogen-bond acceptors (Lipinski definition) is 5. The lowest BCUT2D eigenvalue weighted by atomic mass is 9.85. The SMILES string of the molecule is CCC1C(=O)N(C)c2cnc(N[C@@H](C)C3CCCCC3)nc2N1C1CCCC1. The normalized spacial score (nSPS) is 25.1. The Morgan fingerprint density at radius 1 is 1.14 bits per heavy atom. The van der Waals surface area contributed by atoms with E-state index in [1.807, 2.05) is 13.2 Å². The van der Waals surface area contributed by atoms with Crippen molar-refractivity contribution in [1.29, 1.82) is 0 Å². The molecule has 6 nitrogen and oxygen atoms in total. The van der Waals surface area contributed by atoms with Crippen molar-refractivity contribution in [3.63, 3.8) is 0 Å². The van der Waals surface area contributed by atoms with Gasteiger partial charge >= 0.3 is 0 Å². The van der Waals surface area contributed by atoms with E-state index in [4.69, 9.17) is 4.98 Å². The van der Waals surface area contributed by atoms with Gasteiger partial charge in [0.05, 0.1) is 6.20 Å². The Balaban J connectivity index is 1.62. The highest BCUT2D eigenvalue weighted by Crippen LogP contribution is 2.40. The van der Waals surface area contributed by atoms with Gasteiger partial charge in [0, 0.05) is 19.1 Å². The van der Waals surface area contributed by atoms with E-state index in [9.17, 15) is 4.79 Å². The van der Waals surface area contributed by atoms with Crippen LogP contribution in [0.1, 0.15) is 78.1 Å². The van der Waals surface area contributed by atoms with Crippen molar-refractivity contribution in [3.8, 4) is 0 Å². The molecule has 1 aliphatic heterocycles. The molecular formula is C22H35N5O. The number of fused-ring (bicyclic) bond motifs is 1. The molecule has 2 saturated carbocycles. The minimum atomic E-state index is -0.112. The second-order valence-corrected chi connectivity index (χ2v) is 8.90. The van der Waals surface area contributed by atoms with Crippen LogP contribution in [0.2, 0.25) is 0 Å². The maximum absolute atomic E-state index is 13.0. The largest absolute Gasteiger partial charge is 0.351 e. The number of carbonyl (C=O) groups is 1. The van der Waals surface area contributed by atoms with Gasteiger partial charge in [-0.25, -0.2) is 4.98 Å². The topological polar surface area (TPSA) is 61.4 Å². The molecule has 2 fully saturated rings. The number of hydrogen-bond donors (Lipinski definition) is 1. The van der Waals surface area contributed by atoms with Crippen LogP contribution in [0.5, 0.6) is 0 Å². The molecule has 154 valence electrons. The fourth-order valence-corrected chi connectivity index (χ4v) is 5.41. The van der Waals surface area contributed by atoms with Crippen molar-refractivity contribution in [3.05, 3.63) is 6.20 Å². The Morgan fingerprint density at radius 2 is 1.82 bits per heavy atom. The zero-order chi connectivity index (χ0) is 19.7. The van der Waals surface area contributed by atoms with E-state index in [1.54, 1.807) is 4.90 Å². The lowest BCUT2D eigenvalue weighted by Gasteiger charge is -2.43. The molecule has 2 aliphatic carbocycles. The summed E-state index contributed by atoms with van der Waals surface area (Å²) in [5.41, 5.74) is 0.845. The van der Waals surface area contributed by atoms with Crippen molar-refractivity contribution in [2.45, 2.75) is 96.2 Å². The van der Waals surface area contributed by atoms with E-state index < -0.39 is 0 Å². The number of nitrogens with one attached hydrogen (secondary N) is 1. The van der Waals surface area contributed by atoms with Crippen LogP contribution >= 0.6 is 0 Å². The first-order valence-corrected chi connectivity index (χ1v) is 11.3. The smallest absolute Gasteiger partial charge is 0.249 e. The van der Waals surface area contributed by atoms with Gasteiger partial charge in [-0.15, -0.1) is 0 Å². The van der Waals surface area contributed by atoms with Crippen LogP contribution in [0.15, 0.2) is 6.20 Å². The maximum atomic E-state index is 13.0. The molecule has 2 heterocycles. The number of carbonyl (C=O) groups excluding carboxylic acids is 1. The molecule has 4 rings (SSSR count). The Bertz CT molecular complexity index is 696. The fourth-order valence-electron chi connectivity index (χ4n) is 5.41. The van der Waals surface area contributed by atoms with Gasteiger partial charge in [0.25, 0.3) is 0 Å². The molecule has 1 N–H and O–H groups in total. The highest BCUT2D eigenvalue weighted by molar-refractivity contribution is 6.04. The van der Waals surface area contributed by atoms with Crippen molar-refractivity contribution in [2.75, 3.05) is 22.2 Å². The number of aromatic nitrogens is 2. The molecule has 6 heteroatoms. The summed E-state index contributed by atoms with van der Waals surface area (Å²) in [5, 5.41) is 3.58. The molecule has 1 aromatic heterocycles. The summed E-state index contributed by atoms with van der Waals surface area (Å²) in [7, 11) is 1.86. The molecule has 2 atom stereocenters. The average molecular weight is 386 g/mol. The quantitative estimate of drug-likeness (QED) is 0.816. The fraction of sp³-hybridized carbons (Fsp3) is 0.773. The Morgan fingerprint density at radius 3 is 2.50 bits per heavy atom. The lowest BCUT2D eigenvalue weighted by Crippen LogP contribution is -2.55. The van der Waals surface area contributed by atoms with E-state index in [0.29, 0.717) is 23.9 Å². The second-order valence-electron chi connectivity index (χ2n) is 8.90. The summed E-state index contributed by atoms with van der Waals surface area (Å²) >= 11 is 0. The van der Waals surface area contributed by atoms with Crippen molar-refractivity contribution in [1.82, 2.24) is 9.97 Å². The molecule has 0 spiro atoms. The third-order valence-corrected chi connectivity index (χ3v) is 7.13. The standard InChI is InChI=1S/C22H35N5O/c1-4-18-21(28)26(3)19-14-23-22(24-15(2)16-10-6-5-7-11-16)25-20(19)27(18)17-12-8-9-13-17/h14-18H,4-13H2,1-3H3,(H,23,24,25)/t15-,18?/m0/s1. The van der Waals surface area contributed by atoms with E-state index in [0.717, 1.165) is 30.8 Å². The molecule has 0 aromatic carbocycles. The summed E-state index contributed by atoms with van der Waals surface area (Å²) in [6.45, 7) is 4.37. The zero-order valence-corrected chi connectivity index (χ0v) is 17.7. The van der Waals surface area contributed by atoms with Gasteiger partial charge in [-0.2, -0.15) is 4.98 Å². The number of anilines is 3. The van der Waals surface area contributed by atoms with Gasteiger partial charge in [0.2, 0.25) is 11.9 Å². The van der Waals surface area contributed by atoms with Crippen LogP contribution in [0.25, 0.3) is 0 Å². The van der Waals surface area contributed by atoms with Crippen LogP contribution in [-0.2, 0) is 4.79 Å². The van der Waals surface area contributed by atoms with Gasteiger partial charge in [0.15, 0.2) is 5.82 Å². The van der Waals surface area contributed by atoms with Crippen LogP contribution < -0.4 is 15.1 Å². The highest BCUT2D eigenvalue weighted by Gasteiger charge is 2.41. The summed E-state index contributed by atoms with van der Waals surface area (Å²) in [4.78, 5) is 26.6. The molecule has 3 aliphatic rings. The lowest BCUT2D eigenvalue weighted by molar-refractivity contribution is -0.120. The zero-order valence-electron chi connectivity index (χ0n) is 17.7. The van der Waals surface area contributed by atoms with Gasteiger partial charge in [-0.05, 0) is 44.9 Å². The number of amides is 1. The molecule has 0 radical (unpaired) electrons. The van der Waals surface area contributed by atoms with Gasteiger partial charge in [-0.1, -0.05) is 39.0 Å². The van der Waals surface area contributed by atoms with E-state index in [1.165, 1.54) is 44.9 Å². The predicted molar refractivity (Wildman–Crippen MR) is 114 cm³/mol. The minimum absolute atomic E-state index is 0.112. The molecule has 28 heavy (non-hydrogen) atoms. The number of likely N-dealkylation sites (N-methyl/N-ethyl adjacent to an activating group) is 1. The van der Waals surface area contributed by atoms with Gasteiger partial charge in [-0.3, -0.25) is 4.79 Å². The van der Waals surface area contributed by atoms with Crippen molar-refractivity contribution < 1.29 is 4.79 Å².